The van der Waals surface area contributed by atoms with Crippen LogP contribution < -0.4 is 10.6 Å². The third-order valence-electron chi connectivity index (χ3n) is 3.10. The van der Waals surface area contributed by atoms with Gasteiger partial charge in [0.25, 0.3) is 0 Å². The lowest BCUT2D eigenvalue weighted by molar-refractivity contribution is -0.120. The Kier molecular flexibility index (Phi) is 4.93. The SMILES string of the molecule is CC(C)Cc1ccc(NC(=O)C2COCCN2)cc1. The minimum atomic E-state index is -0.246. The van der Waals surface area contributed by atoms with Crippen molar-refractivity contribution < 1.29 is 9.53 Å². The lowest BCUT2D eigenvalue weighted by atomic mass is 10.0. The highest BCUT2D eigenvalue weighted by Crippen LogP contribution is 2.13. The number of anilines is 1. The van der Waals surface area contributed by atoms with Crippen LogP contribution in [0, 0.1) is 5.92 Å². The molecular weight excluding hydrogens is 240 g/mol. The fourth-order valence-corrected chi connectivity index (χ4v) is 2.16. The molecule has 1 unspecified atom stereocenters. The summed E-state index contributed by atoms with van der Waals surface area (Å²) in [6.07, 6.45) is 1.06. The van der Waals surface area contributed by atoms with E-state index in [4.69, 9.17) is 4.74 Å². The van der Waals surface area contributed by atoms with Crippen LogP contribution in [0.5, 0.6) is 0 Å². The van der Waals surface area contributed by atoms with E-state index in [2.05, 4.69) is 36.6 Å². The molecule has 2 rings (SSSR count). The Balaban J connectivity index is 1.89. The van der Waals surface area contributed by atoms with Gasteiger partial charge in [-0.1, -0.05) is 26.0 Å². The first kappa shape index (κ1) is 14.0. The Morgan fingerprint density at radius 1 is 1.42 bits per heavy atom. The van der Waals surface area contributed by atoms with E-state index in [1.165, 1.54) is 5.56 Å². The molecule has 19 heavy (non-hydrogen) atoms. The first-order valence-electron chi connectivity index (χ1n) is 6.86. The molecule has 1 saturated heterocycles. The molecule has 1 amide bonds. The van der Waals surface area contributed by atoms with Crippen molar-refractivity contribution in [3.8, 4) is 0 Å². The summed E-state index contributed by atoms with van der Waals surface area (Å²) in [5.74, 6) is 0.611. The highest BCUT2D eigenvalue weighted by atomic mass is 16.5. The normalized spacial score (nSPS) is 19.4. The molecule has 0 aliphatic carbocycles. The number of rotatable bonds is 4. The number of ether oxygens (including phenoxy) is 1. The fraction of sp³-hybridized carbons (Fsp3) is 0.533. The van der Waals surface area contributed by atoms with Gasteiger partial charge in [-0.15, -0.1) is 0 Å². The summed E-state index contributed by atoms with van der Waals surface area (Å²) >= 11 is 0. The molecule has 2 N–H and O–H groups in total. The first-order valence-corrected chi connectivity index (χ1v) is 6.86. The van der Waals surface area contributed by atoms with E-state index >= 15 is 0 Å². The van der Waals surface area contributed by atoms with Crippen molar-refractivity contribution in [2.24, 2.45) is 5.92 Å². The number of benzene rings is 1. The number of hydrogen-bond donors (Lipinski definition) is 2. The molecule has 1 heterocycles. The summed E-state index contributed by atoms with van der Waals surface area (Å²) in [6.45, 7) is 6.24. The van der Waals surface area contributed by atoms with Gasteiger partial charge < -0.3 is 15.4 Å². The second-order valence-corrected chi connectivity index (χ2v) is 5.37. The quantitative estimate of drug-likeness (QED) is 0.870. The van der Waals surface area contributed by atoms with Gasteiger partial charge in [0.1, 0.15) is 6.04 Å². The van der Waals surface area contributed by atoms with Crippen LogP contribution in [-0.2, 0) is 16.0 Å². The summed E-state index contributed by atoms with van der Waals surface area (Å²) in [6, 6.07) is 7.81. The predicted molar refractivity (Wildman–Crippen MR) is 76.2 cm³/mol. The summed E-state index contributed by atoms with van der Waals surface area (Å²) < 4.78 is 5.28. The Morgan fingerprint density at radius 3 is 2.74 bits per heavy atom. The zero-order chi connectivity index (χ0) is 13.7. The largest absolute Gasteiger partial charge is 0.378 e. The van der Waals surface area contributed by atoms with Gasteiger partial charge in [-0.2, -0.15) is 0 Å². The fourth-order valence-electron chi connectivity index (χ4n) is 2.16. The van der Waals surface area contributed by atoms with Crippen molar-refractivity contribution in [2.75, 3.05) is 25.1 Å². The van der Waals surface area contributed by atoms with Gasteiger partial charge in [0.2, 0.25) is 5.91 Å². The van der Waals surface area contributed by atoms with Gasteiger partial charge >= 0.3 is 0 Å². The van der Waals surface area contributed by atoms with E-state index in [0.29, 0.717) is 19.1 Å². The monoisotopic (exact) mass is 262 g/mol. The molecule has 4 nitrogen and oxygen atoms in total. The maximum absolute atomic E-state index is 12.0. The highest BCUT2D eigenvalue weighted by Gasteiger charge is 2.20. The minimum absolute atomic E-state index is 0.0312. The topological polar surface area (TPSA) is 50.4 Å². The first-order chi connectivity index (χ1) is 9.15. The standard InChI is InChI=1S/C15H22N2O2/c1-11(2)9-12-3-5-13(6-4-12)17-15(18)14-10-19-8-7-16-14/h3-6,11,14,16H,7-10H2,1-2H3,(H,17,18). The molecule has 0 spiro atoms. The van der Waals surface area contributed by atoms with E-state index in [9.17, 15) is 4.79 Å². The van der Waals surface area contributed by atoms with Crippen LogP contribution in [0.3, 0.4) is 0 Å². The molecule has 4 heteroatoms. The van der Waals surface area contributed by atoms with E-state index < -0.39 is 0 Å². The summed E-state index contributed by atoms with van der Waals surface area (Å²) in [4.78, 5) is 12.0. The van der Waals surface area contributed by atoms with Crippen LogP contribution in [0.1, 0.15) is 19.4 Å². The average molecular weight is 262 g/mol. The summed E-state index contributed by atoms with van der Waals surface area (Å²) in [5.41, 5.74) is 2.14. The third-order valence-corrected chi connectivity index (χ3v) is 3.10. The molecule has 0 saturated carbocycles. The maximum Gasteiger partial charge on any atom is 0.243 e. The van der Waals surface area contributed by atoms with Crippen LogP contribution >= 0.6 is 0 Å². The predicted octanol–water partition coefficient (Wildman–Crippen LogP) is 1.81. The van der Waals surface area contributed by atoms with Gasteiger partial charge in [0, 0.05) is 12.2 Å². The van der Waals surface area contributed by atoms with Gasteiger partial charge in [-0.25, -0.2) is 0 Å². The van der Waals surface area contributed by atoms with Crippen molar-refractivity contribution in [3.63, 3.8) is 0 Å². The number of hydrogen-bond acceptors (Lipinski definition) is 3. The number of carbonyl (C=O) groups is 1. The van der Waals surface area contributed by atoms with E-state index in [-0.39, 0.29) is 11.9 Å². The minimum Gasteiger partial charge on any atom is -0.378 e. The molecule has 1 aromatic rings. The van der Waals surface area contributed by atoms with E-state index in [0.717, 1.165) is 18.7 Å². The van der Waals surface area contributed by atoms with Crippen LogP contribution in [0.25, 0.3) is 0 Å². The molecule has 0 bridgehead atoms. The van der Waals surface area contributed by atoms with Crippen LogP contribution in [0.2, 0.25) is 0 Å². The molecule has 0 aromatic heterocycles. The molecular formula is C15H22N2O2. The Morgan fingerprint density at radius 2 is 2.16 bits per heavy atom. The zero-order valence-electron chi connectivity index (χ0n) is 11.6. The van der Waals surface area contributed by atoms with Crippen molar-refractivity contribution in [2.45, 2.75) is 26.3 Å². The van der Waals surface area contributed by atoms with E-state index in [1.807, 2.05) is 12.1 Å². The molecule has 1 fully saturated rings. The van der Waals surface area contributed by atoms with Crippen molar-refractivity contribution in [3.05, 3.63) is 29.8 Å². The molecule has 1 atom stereocenters. The number of morpholine rings is 1. The molecule has 0 radical (unpaired) electrons. The number of nitrogens with one attached hydrogen (secondary N) is 2. The second-order valence-electron chi connectivity index (χ2n) is 5.37. The van der Waals surface area contributed by atoms with Gasteiger partial charge in [-0.05, 0) is 30.0 Å². The van der Waals surface area contributed by atoms with Crippen molar-refractivity contribution >= 4 is 11.6 Å². The Labute approximate surface area is 114 Å². The lowest BCUT2D eigenvalue weighted by Crippen LogP contribution is -2.48. The maximum atomic E-state index is 12.0. The van der Waals surface area contributed by atoms with Crippen molar-refractivity contribution in [1.29, 1.82) is 0 Å². The zero-order valence-corrected chi connectivity index (χ0v) is 11.6. The third kappa shape index (κ3) is 4.33. The molecule has 1 aromatic carbocycles. The Bertz CT molecular complexity index is 409. The Hall–Kier alpha value is -1.39. The van der Waals surface area contributed by atoms with Crippen LogP contribution in [0.15, 0.2) is 24.3 Å². The molecule has 104 valence electrons. The number of carbonyl (C=O) groups excluding carboxylic acids is 1. The summed E-state index contributed by atoms with van der Waals surface area (Å²) in [5, 5.41) is 6.05. The molecule has 1 aliphatic heterocycles. The second kappa shape index (κ2) is 6.68. The van der Waals surface area contributed by atoms with Crippen molar-refractivity contribution in [1.82, 2.24) is 5.32 Å². The molecule has 1 aliphatic rings. The van der Waals surface area contributed by atoms with Gasteiger partial charge in [0.15, 0.2) is 0 Å². The summed E-state index contributed by atoms with van der Waals surface area (Å²) in [7, 11) is 0. The van der Waals surface area contributed by atoms with Crippen LogP contribution in [-0.4, -0.2) is 31.7 Å². The highest BCUT2D eigenvalue weighted by molar-refractivity contribution is 5.95. The van der Waals surface area contributed by atoms with Crippen LogP contribution in [0.4, 0.5) is 5.69 Å². The average Bonchev–Trinajstić information content (AvgIpc) is 2.41. The van der Waals surface area contributed by atoms with Gasteiger partial charge in [-0.3, -0.25) is 4.79 Å². The van der Waals surface area contributed by atoms with Gasteiger partial charge in [0.05, 0.1) is 13.2 Å². The van der Waals surface area contributed by atoms with E-state index in [1.54, 1.807) is 0 Å². The number of amides is 1. The lowest BCUT2D eigenvalue weighted by Gasteiger charge is -2.22. The smallest absolute Gasteiger partial charge is 0.243 e.